The predicted octanol–water partition coefficient (Wildman–Crippen LogP) is 2.04. The van der Waals surface area contributed by atoms with E-state index in [-0.39, 0.29) is 0 Å². The normalized spacial score (nSPS) is 16.6. The van der Waals surface area contributed by atoms with Crippen LogP contribution in [0.2, 0.25) is 0 Å². The topological polar surface area (TPSA) is 78.4 Å². The van der Waals surface area contributed by atoms with Gasteiger partial charge in [-0.15, -0.1) is 0 Å². The summed E-state index contributed by atoms with van der Waals surface area (Å²) in [5, 5.41) is 13.9. The molecule has 5 nitrogen and oxygen atoms in total. The van der Waals surface area contributed by atoms with E-state index in [0.29, 0.717) is 13.0 Å². The van der Waals surface area contributed by atoms with E-state index < -0.39 is 18.0 Å². The number of hydrogen-bond acceptors (Lipinski definition) is 2. The van der Waals surface area contributed by atoms with Gasteiger partial charge in [-0.25, -0.2) is 9.59 Å². The number of hydrogen-bond donors (Lipinski definition) is 3. The second-order valence-corrected chi connectivity index (χ2v) is 4.56. The maximum absolute atomic E-state index is 11.5. The first kappa shape index (κ1) is 14.5. The fraction of sp³-hybridized carbons (Fsp3) is 0.692. The monoisotopic (exact) mass is 254 g/mol. The Labute approximate surface area is 108 Å². The van der Waals surface area contributed by atoms with E-state index in [1.54, 1.807) is 6.92 Å². The standard InChI is InChI=1S/C13H22N2O3/c1-2-11(12(16)17)15-13(18)14-9-8-10-6-4-3-5-7-10/h6,11H,2-5,7-9H2,1H3,(H,16,17)(H2,14,15,18)/t11-/m0/s1. The number of carboxylic acid groups (broad SMARTS) is 1. The van der Waals surface area contributed by atoms with Crippen molar-refractivity contribution >= 4 is 12.0 Å². The van der Waals surface area contributed by atoms with E-state index in [9.17, 15) is 9.59 Å². The summed E-state index contributed by atoms with van der Waals surface area (Å²) in [5.41, 5.74) is 1.40. The summed E-state index contributed by atoms with van der Waals surface area (Å²) in [7, 11) is 0. The van der Waals surface area contributed by atoms with Gasteiger partial charge < -0.3 is 15.7 Å². The van der Waals surface area contributed by atoms with Crippen molar-refractivity contribution in [3.8, 4) is 0 Å². The molecule has 2 amide bonds. The number of allylic oxidation sites excluding steroid dienone is 1. The zero-order valence-corrected chi connectivity index (χ0v) is 10.9. The number of nitrogens with one attached hydrogen (secondary N) is 2. The highest BCUT2D eigenvalue weighted by Crippen LogP contribution is 2.19. The molecule has 3 N–H and O–H groups in total. The lowest BCUT2D eigenvalue weighted by molar-refractivity contribution is -0.139. The molecule has 102 valence electrons. The summed E-state index contributed by atoms with van der Waals surface area (Å²) < 4.78 is 0. The molecule has 0 radical (unpaired) electrons. The Morgan fingerprint density at radius 1 is 1.44 bits per heavy atom. The first-order valence-corrected chi connectivity index (χ1v) is 6.58. The van der Waals surface area contributed by atoms with Gasteiger partial charge in [-0.05, 0) is 38.5 Å². The van der Waals surface area contributed by atoms with Gasteiger partial charge in [0.1, 0.15) is 6.04 Å². The van der Waals surface area contributed by atoms with Crippen LogP contribution in [-0.4, -0.2) is 29.7 Å². The van der Waals surface area contributed by atoms with Gasteiger partial charge in [0.2, 0.25) is 0 Å². The largest absolute Gasteiger partial charge is 0.480 e. The second-order valence-electron chi connectivity index (χ2n) is 4.56. The molecule has 1 aliphatic carbocycles. The summed E-state index contributed by atoms with van der Waals surface area (Å²) >= 11 is 0. The Hall–Kier alpha value is -1.52. The van der Waals surface area contributed by atoms with Gasteiger partial charge in [0.05, 0.1) is 0 Å². The molecule has 0 aromatic rings. The molecule has 0 unspecified atom stereocenters. The summed E-state index contributed by atoms with van der Waals surface area (Å²) in [6.45, 7) is 2.29. The number of carboxylic acids is 1. The van der Waals surface area contributed by atoms with Gasteiger partial charge in [0.15, 0.2) is 0 Å². The Kier molecular flexibility index (Phi) is 6.25. The van der Waals surface area contributed by atoms with Gasteiger partial charge in [-0.2, -0.15) is 0 Å². The molecule has 0 aromatic carbocycles. The smallest absolute Gasteiger partial charge is 0.326 e. The maximum Gasteiger partial charge on any atom is 0.326 e. The van der Waals surface area contributed by atoms with Crippen LogP contribution in [0.3, 0.4) is 0 Å². The van der Waals surface area contributed by atoms with Gasteiger partial charge >= 0.3 is 12.0 Å². The number of urea groups is 1. The van der Waals surface area contributed by atoms with Crippen LogP contribution >= 0.6 is 0 Å². The Morgan fingerprint density at radius 3 is 2.78 bits per heavy atom. The van der Waals surface area contributed by atoms with Crippen molar-refractivity contribution in [1.82, 2.24) is 10.6 Å². The molecule has 0 saturated heterocycles. The van der Waals surface area contributed by atoms with Crippen molar-refractivity contribution in [3.05, 3.63) is 11.6 Å². The molecule has 1 atom stereocenters. The SMILES string of the molecule is CC[C@H](NC(=O)NCCC1=CCCCC1)C(=O)O. The fourth-order valence-electron chi connectivity index (χ4n) is 2.02. The van der Waals surface area contributed by atoms with Crippen molar-refractivity contribution in [2.45, 2.75) is 51.5 Å². The van der Waals surface area contributed by atoms with Crippen LogP contribution in [-0.2, 0) is 4.79 Å². The minimum Gasteiger partial charge on any atom is -0.480 e. The fourth-order valence-corrected chi connectivity index (χ4v) is 2.02. The summed E-state index contributed by atoms with van der Waals surface area (Å²) in [6, 6.07) is -1.21. The first-order valence-electron chi connectivity index (χ1n) is 6.58. The van der Waals surface area contributed by atoms with Gasteiger partial charge in [0.25, 0.3) is 0 Å². The Morgan fingerprint density at radius 2 is 2.22 bits per heavy atom. The average molecular weight is 254 g/mol. The van der Waals surface area contributed by atoms with Crippen LogP contribution < -0.4 is 10.6 Å². The van der Waals surface area contributed by atoms with Crippen LogP contribution in [0.4, 0.5) is 4.79 Å². The van der Waals surface area contributed by atoms with E-state index in [1.807, 2.05) is 0 Å². The van der Waals surface area contributed by atoms with Crippen molar-refractivity contribution in [3.63, 3.8) is 0 Å². The third-order valence-corrected chi connectivity index (χ3v) is 3.13. The molecule has 1 rings (SSSR count). The van der Waals surface area contributed by atoms with E-state index in [2.05, 4.69) is 16.7 Å². The molecule has 0 fully saturated rings. The van der Waals surface area contributed by atoms with E-state index in [1.165, 1.54) is 18.4 Å². The Balaban J connectivity index is 2.20. The van der Waals surface area contributed by atoms with Crippen molar-refractivity contribution in [1.29, 1.82) is 0 Å². The van der Waals surface area contributed by atoms with Gasteiger partial charge in [-0.3, -0.25) is 0 Å². The minimum atomic E-state index is -0.998. The van der Waals surface area contributed by atoms with Crippen LogP contribution in [0.5, 0.6) is 0 Å². The Bertz CT molecular complexity index is 326. The van der Waals surface area contributed by atoms with Gasteiger partial charge in [-0.1, -0.05) is 18.6 Å². The van der Waals surface area contributed by atoms with Crippen molar-refractivity contribution in [2.75, 3.05) is 6.54 Å². The highest BCUT2D eigenvalue weighted by molar-refractivity contribution is 5.82. The molecule has 0 aliphatic heterocycles. The molecule has 0 heterocycles. The van der Waals surface area contributed by atoms with Crippen LogP contribution in [0.15, 0.2) is 11.6 Å². The maximum atomic E-state index is 11.5. The van der Waals surface area contributed by atoms with Crippen LogP contribution in [0.25, 0.3) is 0 Å². The molecule has 0 spiro atoms. The van der Waals surface area contributed by atoms with E-state index >= 15 is 0 Å². The molecule has 1 aliphatic rings. The number of carbonyl (C=O) groups is 2. The lowest BCUT2D eigenvalue weighted by Gasteiger charge is -2.15. The molecule has 5 heteroatoms. The number of aliphatic carboxylic acids is 1. The summed E-state index contributed by atoms with van der Waals surface area (Å²) in [4.78, 5) is 22.2. The number of carbonyl (C=O) groups excluding carboxylic acids is 1. The quantitative estimate of drug-likeness (QED) is 0.635. The first-order chi connectivity index (χ1) is 8.63. The third kappa shape index (κ3) is 5.21. The molecule has 18 heavy (non-hydrogen) atoms. The lowest BCUT2D eigenvalue weighted by Crippen LogP contribution is -2.45. The van der Waals surface area contributed by atoms with E-state index in [0.717, 1.165) is 19.3 Å². The highest BCUT2D eigenvalue weighted by Gasteiger charge is 2.16. The molecule has 0 saturated carbocycles. The summed E-state index contributed by atoms with van der Waals surface area (Å²) in [6.07, 6.45) is 8.23. The molecular weight excluding hydrogens is 232 g/mol. The summed E-state index contributed by atoms with van der Waals surface area (Å²) in [5.74, 6) is -0.998. The van der Waals surface area contributed by atoms with Crippen LogP contribution in [0.1, 0.15) is 45.4 Å². The van der Waals surface area contributed by atoms with E-state index in [4.69, 9.17) is 5.11 Å². The molecule has 0 aromatic heterocycles. The molecular formula is C13H22N2O3. The highest BCUT2D eigenvalue weighted by atomic mass is 16.4. The number of amides is 2. The molecule has 0 bridgehead atoms. The van der Waals surface area contributed by atoms with Crippen molar-refractivity contribution < 1.29 is 14.7 Å². The van der Waals surface area contributed by atoms with Gasteiger partial charge in [0, 0.05) is 6.54 Å². The zero-order chi connectivity index (χ0) is 13.4. The average Bonchev–Trinajstić information content (AvgIpc) is 2.37. The third-order valence-electron chi connectivity index (χ3n) is 3.13. The second kappa shape index (κ2) is 7.74. The predicted molar refractivity (Wildman–Crippen MR) is 69.4 cm³/mol. The van der Waals surface area contributed by atoms with Crippen molar-refractivity contribution in [2.24, 2.45) is 0 Å². The minimum absolute atomic E-state index is 0.383. The lowest BCUT2D eigenvalue weighted by atomic mass is 9.97. The zero-order valence-electron chi connectivity index (χ0n) is 10.9. The number of rotatable bonds is 6. The van der Waals surface area contributed by atoms with Crippen LogP contribution in [0, 0.1) is 0 Å².